The number of rotatable bonds is 13. The molecule has 4 aromatic carbocycles. The van der Waals surface area contributed by atoms with Crippen molar-refractivity contribution in [1.82, 2.24) is 15.2 Å². The molecular weight excluding hydrogens is 665 g/mol. The van der Waals surface area contributed by atoms with E-state index in [2.05, 4.69) is 57.6 Å². The fourth-order valence-electron chi connectivity index (χ4n) is 6.66. The first-order valence-electron chi connectivity index (χ1n) is 17.1. The number of pyridine rings is 1. The van der Waals surface area contributed by atoms with Crippen LogP contribution in [0.2, 0.25) is 5.02 Å². The van der Waals surface area contributed by atoms with Crippen LogP contribution >= 0.6 is 11.6 Å². The van der Waals surface area contributed by atoms with Gasteiger partial charge in [0.05, 0.1) is 19.0 Å². The van der Waals surface area contributed by atoms with E-state index in [4.69, 9.17) is 25.8 Å². The molecule has 0 saturated heterocycles. The lowest BCUT2D eigenvalue weighted by atomic mass is 9.69. The number of halogens is 2. The van der Waals surface area contributed by atoms with Gasteiger partial charge in [-0.25, -0.2) is 9.49 Å². The average Bonchev–Trinajstić information content (AvgIpc) is 3.17. The van der Waals surface area contributed by atoms with Crippen LogP contribution in [0.4, 0.5) is 4.39 Å². The maximum atomic E-state index is 13.9. The van der Waals surface area contributed by atoms with E-state index in [1.54, 1.807) is 24.4 Å². The van der Waals surface area contributed by atoms with Gasteiger partial charge >= 0.3 is 0 Å². The molecule has 1 aliphatic rings. The van der Waals surface area contributed by atoms with E-state index in [0.29, 0.717) is 19.0 Å². The summed E-state index contributed by atoms with van der Waals surface area (Å²) in [5, 5.41) is 5.91. The highest BCUT2D eigenvalue weighted by Crippen LogP contribution is 2.47. The van der Waals surface area contributed by atoms with Crippen molar-refractivity contribution in [3.05, 3.63) is 176 Å². The summed E-state index contributed by atoms with van der Waals surface area (Å²) in [7, 11) is 0. The van der Waals surface area contributed by atoms with Gasteiger partial charge in [0.25, 0.3) is 5.56 Å². The highest BCUT2D eigenvalue weighted by molar-refractivity contribution is 6.31. The normalized spacial score (nSPS) is 15.2. The molecule has 0 spiro atoms. The largest absolute Gasteiger partial charge is 0.494 e. The Morgan fingerprint density at radius 3 is 2.35 bits per heavy atom. The zero-order valence-electron chi connectivity index (χ0n) is 27.9. The van der Waals surface area contributed by atoms with Gasteiger partial charge in [0.1, 0.15) is 29.7 Å². The Labute approximate surface area is 301 Å². The van der Waals surface area contributed by atoms with Gasteiger partial charge in [0.15, 0.2) is 10.8 Å². The molecular formula is C42H37ClFN3O4. The van der Waals surface area contributed by atoms with Crippen molar-refractivity contribution < 1.29 is 18.6 Å². The Morgan fingerprint density at radius 1 is 0.804 bits per heavy atom. The third kappa shape index (κ3) is 8.47. The molecule has 2 unspecified atom stereocenters. The lowest BCUT2D eigenvalue weighted by Crippen LogP contribution is -2.20. The summed E-state index contributed by atoms with van der Waals surface area (Å²) >= 11 is 5.99. The first-order chi connectivity index (χ1) is 25.0. The number of H-pyrrole nitrogens is 1. The Morgan fingerprint density at radius 2 is 1.57 bits per heavy atom. The Bertz CT molecular complexity index is 2110. The van der Waals surface area contributed by atoms with Gasteiger partial charge in [-0.3, -0.25) is 9.78 Å². The fraction of sp³-hybridized carbons (Fsp3) is 0.214. The van der Waals surface area contributed by atoms with Gasteiger partial charge in [0.2, 0.25) is 0 Å². The molecule has 0 amide bonds. The van der Waals surface area contributed by atoms with Crippen LogP contribution in [0, 0.1) is 5.82 Å². The van der Waals surface area contributed by atoms with Crippen LogP contribution in [0.15, 0.2) is 126 Å². The Kier molecular flexibility index (Phi) is 10.7. The van der Waals surface area contributed by atoms with Gasteiger partial charge in [-0.05, 0) is 114 Å². The number of ether oxygens (including phenoxy) is 3. The van der Waals surface area contributed by atoms with E-state index in [1.165, 1.54) is 22.9 Å². The summed E-state index contributed by atoms with van der Waals surface area (Å²) in [6, 6.07) is 35.7. The Balaban J connectivity index is 0.965. The highest BCUT2D eigenvalue weighted by atomic mass is 35.5. The predicted molar refractivity (Wildman–Crippen MR) is 196 cm³/mol. The van der Waals surface area contributed by atoms with Crippen molar-refractivity contribution in [2.24, 2.45) is 0 Å². The SMILES string of the molecule is O=c1[nH]ncc(Oc2ccc(CCCCOc3ccc(C4c5ccc(OCc6ccccc6)cc5CCC4c4ccc(F)cc4)cc3)nc2)c1Cl. The Hall–Kier alpha value is -5.47. The van der Waals surface area contributed by atoms with Gasteiger partial charge in [0, 0.05) is 11.6 Å². The van der Waals surface area contributed by atoms with Crippen LogP contribution in [0.5, 0.6) is 23.0 Å². The summed E-state index contributed by atoms with van der Waals surface area (Å²) in [6.45, 7) is 1.11. The van der Waals surface area contributed by atoms with Crippen molar-refractivity contribution in [3.63, 3.8) is 0 Å². The van der Waals surface area contributed by atoms with Gasteiger partial charge in [-0.1, -0.05) is 72.3 Å². The molecule has 9 heteroatoms. The first-order valence-corrected chi connectivity index (χ1v) is 17.5. The second-order valence-electron chi connectivity index (χ2n) is 12.6. The molecule has 258 valence electrons. The molecule has 7 rings (SSSR count). The summed E-state index contributed by atoms with van der Waals surface area (Å²) in [6.07, 6.45) is 7.40. The van der Waals surface area contributed by atoms with Gasteiger partial charge in [-0.2, -0.15) is 5.10 Å². The molecule has 0 bridgehead atoms. The molecule has 0 fully saturated rings. The molecule has 2 heterocycles. The standard InChI is InChI=1S/C42H37ClFN3O4/c43-41-39(26-46-47-42(41)48)51-36-19-16-33(45-25-36)8-4-5-23-49-34-17-11-30(12-18-34)40-37(29-9-14-32(44)15-10-29)21-13-31-24-35(20-22-38(31)40)50-27-28-6-2-1-3-7-28/h1-3,6-7,9-12,14-20,22,24-26,37,40H,4-5,8,13,21,23,27H2,(H,47,48). The molecule has 0 radical (unpaired) electrons. The van der Waals surface area contributed by atoms with Crippen LogP contribution in [0.25, 0.3) is 0 Å². The number of hydrogen-bond acceptors (Lipinski definition) is 6. The summed E-state index contributed by atoms with van der Waals surface area (Å²) < 4.78 is 31.8. The van der Waals surface area contributed by atoms with Gasteiger partial charge < -0.3 is 14.2 Å². The topological polar surface area (TPSA) is 86.3 Å². The van der Waals surface area contributed by atoms with E-state index in [0.717, 1.165) is 60.4 Å². The van der Waals surface area contributed by atoms with Crippen LogP contribution < -0.4 is 19.8 Å². The second kappa shape index (κ2) is 16.0. The minimum Gasteiger partial charge on any atom is -0.494 e. The quantitative estimate of drug-likeness (QED) is 0.121. The average molecular weight is 702 g/mol. The maximum Gasteiger partial charge on any atom is 0.286 e. The van der Waals surface area contributed by atoms with Crippen LogP contribution in [0.3, 0.4) is 0 Å². The van der Waals surface area contributed by atoms with E-state index in [9.17, 15) is 9.18 Å². The zero-order valence-corrected chi connectivity index (χ0v) is 28.7. The first kappa shape index (κ1) is 34.0. The fourth-order valence-corrected chi connectivity index (χ4v) is 6.79. The van der Waals surface area contributed by atoms with Gasteiger partial charge in [-0.15, -0.1) is 0 Å². The molecule has 0 aliphatic heterocycles. The highest BCUT2D eigenvalue weighted by Gasteiger charge is 2.32. The smallest absolute Gasteiger partial charge is 0.286 e. The van der Waals surface area contributed by atoms with Crippen LogP contribution in [-0.4, -0.2) is 21.8 Å². The summed E-state index contributed by atoms with van der Waals surface area (Å²) in [5.74, 6) is 2.45. The second-order valence-corrected chi connectivity index (χ2v) is 13.0. The molecule has 0 saturated carbocycles. The number of nitrogens with zero attached hydrogens (tertiary/aromatic N) is 2. The number of aryl methyl sites for hydroxylation is 2. The van der Waals surface area contributed by atoms with E-state index < -0.39 is 5.56 Å². The molecule has 1 aliphatic carbocycles. The van der Waals surface area contributed by atoms with E-state index in [1.807, 2.05) is 48.5 Å². The van der Waals surface area contributed by atoms with Crippen molar-refractivity contribution in [2.45, 2.75) is 50.5 Å². The molecule has 51 heavy (non-hydrogen) atoms. The lowest BCUT2D eigenvalue weighted by Gasteiger charge is -2.35. The number of unbranched alkanes of at least 4 members (excludes halogenated alkanes) is 1. The number of aromatic nitrogens is 3. The van der Waals surface area contributed by atoms with E-state index >= 15 is 0 Å². The van der Waals surface area contributed by atoms with Crippen molar-refractivity contribution in [3.8, 4) is 23.0 Å². The minimum absolute atomic E-state index is 0.0587. The molecule has 1 N–H and O–H groups in total. The summed E-state index contributed by atoms with van der Waals surface area (Å²) in [4.78, 5) is 16.1. The molecule has 6 aromatic rings. The molecule has 7 nitrogen and oxygen atoms in total. The van der Waals surface area contributed by atoms with Crippen molar-refractivity contribution in [1.29, 1.82) is 0 Å². The monoisotopic (exact) mass is 701 g/mol. The van der Waals surface area contributed by atoms with Crippen molar-refractivity contribution >= 4 is 11.6 Å². The number of nitrogens with one attached hydrogen (secondary N) is 1. The molecule has 2 atom stereocenters. The third-order valence-corrected chi connectivity index (χ3v) is 9.61. The zero-order chi connectivity index (χ0) is 35.0. The lowest BCUT2D eigenvalue weighted by molar-refractivity contribution is 0.305. The van der Waals surface area contributed by atoms with Crippen LogP contribution in [0.1, 0.15) is 64.6 Å². The number of aromatic amines is 1. The molecule has 2 aromatic heterocycles. The van der Waals surface area contributed by atoms with E-state index in [-0.39, 0.29) is 28.4 Å². The third-order valence-electron chi connectivity index (χ3n) is 9.25. The summed E-state index contributed by atoms with van der Waals surface area (Å²) in [5.41, 5.74) is 6.46. The van der Waals surface area contributed by atoms with Crippen molar-refractivity contribution in [2.75, 3.05) is 6.61 Å². The maximum absolute atomic E-state index is 13.9. The minimum atomic E-state index is -0.512. The predicted octanol–water partition coefficient (Wildman–Crippen LogP) is 9.59. The number of fused-ring (bicyclic) bond motifs is 1. The number of hydrogen-bond donors (Lipinski definition) is 1. The number of benzene rings is 4. The van der Waals surface area contributed by atoms with Crippen LogP contribution in [-0.2, 0) is 19.4 Å².